The van der Waals surface area contributed by atoms with Gasteiger partial charge in [-0.1, -0.05) is 11.6 Å². The van der Waals surface area contributed by atoms with Crippen molar-refractivity contribution >= 4 is 17.3 Å². The van der Waals surface area contributed by atoms with Crippen LogP contribution in [-0.4, -0.2) is 28.3 Å². The molecular formula is C14H11ClF3N5O. The van der Waals surface area contributed by atoms with Crippen LogP contribution in [0.15, 0.2) is 47.3 Å². The van der Waals surface area contributed by atoms with E-state index in [-0.39, 0.29) is 5.56 Å². The summed E-state index contributed by atoms with van der Waals surface area (Å²) in [4.78, 5) is 17.9. The van der Waals surface area contributed by atoms with Crippen molar-refractivity contribution in [3.63, 3.8) is 0 Å². The molecule has 0 saturated heterocycles. The number of H-pyrrole nitrogens is 1. The minimum Gasteiger partial charge on any atom is -0.313 e. The molecule has 2 heterocycles. The number of nitrogens with one attached hydrogen (secondary N) is 2. The normalized spacial score (nSPS) is 15.4. The summed E-state index contributed by atoms with van der Waals surface area (Å²) in [6.45, 7) is 0. The van der Waals surface area contributed by atoms with Gasteiger partial charge in [0.25, 0.3) is 5.56 Å². The predicted molar refractivity (Wildman–Crippen MR) is 82.8 cm³/mol. The maximum absolute atomic E-state index is 12.9. The summed E-state index contributed by atoms with van der Waals surface area (Å²) in [5.41, 5.74) is 2.01. The van der Waals surface area contributed by atoms with Gasteiger partial charge in [-0.15, -0.1) is 5.12 Å². The molecule has 0 atom stereocenters. The van der Waals surface area contributed by atoms with Crippen molar-refractivity contribution in [1.82, 2.24) is 20.5 Å². The molecule has 2 aromatic rings. The zero-order chi connectivity index (χ0) is 17.5. The van der Waals surface area contributed by atoms with Crippen molar-refractivity contribution in [1.29, 1.82) is 0 Å². The first-order chi connectivity index (χ1) is 11.3. The molecule has 6 nitrogen and oxygen atoms in total. The van der Waals surface area contributed by atoms with Gasteiger partial charge in [0.05, 0.1) is 23.9 Å². The second-order valence-electron chi connectivity index (χ2n) is 4.98. The van der Waals surface area contributed by atoms with Crippen LogP contribution in [0.4, 0.5) is 18.9 Å². The topological polar surface area (TPSA) is 64.3 Å². The minimum atomic E-state index is -4.52. The first kappa shape index (κ1) is 16.3. The Morgan fingerprint density at radius 1 is 1.25 bits per heavy atom. The largest absolute Gasteiger partial charge is 0.433 e. The number of hydrazine groups is 2. The van der Waals surface area contributed by atoms with E-state index >= 15 is 0 Å². The molecule has 1 aromatic carbocycles. The number of hydrogen-bond donors (Lipinski definition) is 2. The van der Waals surface area contributed by atoms with E-state index in [1.807, 2.05) is 0 Å². The van der Waals surface area contributed by atoms with Crippen molar-refractivity contribution in [2.24, 2.45) is 0 Å². The van der Waals surface area contributed by atoms with Gasteiger partial charge in [-0.3, -0.25) is 15.2 Å². The van der Waals surface area contributed by atoms with E-state index in [0.717, 1.165) is 6.20 Å². The number of aromatic nitrogens is 2. The standard InChI is InChI=1S/C14H11ClF3N5O/c1-22-21-12(14(16,17)18)6-23(22)11-3-2-8(15)4-9(11)10-5-13(24)20-7-19-10/h2-7,21H,1H3,(H,19,20,24). The summed E-state index contributed by atoms with van der Waals surface area (Å²) in [6.07, 6.45) is -2.39. The SMILES string of the molecule is CN1NC(C(F)(F)F)=CN1c1ccc(Cl)cc1-c1cc(=O)[nH]cn1. The second-order valence-corrected chi connectivity index (χ2v) is 5.41. The van der Waals surface area contributed by atoms with Crippen LogP contribution in [0, 0.1) is 0 Å². The summed E-state index contributed by atoms with van der Waals surface area (Å²) >= 11 is 5.99. The Bertz CT molecular complexity index is 864. The Balaban J connectivity index is 2.12. The lowest BCUT2D eigenvalue weighted by Crippen LogP contribution is -2.40. The third-order valence-corrected chi connectivity index (χ3v) is 3.56. The molecule has 1 aliphatic heterocycles. The summed E-state index contributed by atoms with van der Waals surface area (Å²) in [7, 11) is 1.43. The average molecular weight is 358 g/mol. The van der Waals surface area contributed by atoms with E-state index in [1.54, 1.807) is 12.1 Å². The number of halogens is 4. The fourth-order valence-corrected chi connectivity index (χ4v) is 2.43. The summed E-state index contributed by atoms with van der Waals surface area (Å²) in [5.74, 6) is 0. The average Bonchev–Trinajstić information content (AvgIpc) is 2.89. The number of rotatable bonds is 2. The Labute approximate surface area is 139 Å². The van der Waals surface area contributed by atoms with Crippen LogP contribution in [-0.2, 0) is 0 Å². The monoisotopic (exact) mass is 357 g/mol. The maximum Gasteiger partial charge on any atom is 0.433 e. The molecule has 10 heteroatoms. The zero-order valence-electron chi connectivity index (χ0n) is 12.2. The van der Waals surface area contributed by atoms with Crippen LogP contribution in [0.25, 0.3) is 11.3 Å². The van der Waals surface area contributed by atoms with Crippen molar-refractivity contribution in [2.45, 2.75) is 6.18 Å². The number of anilines is 1. The van der Waals surface area contributed by atoms with E-state index in [0.29, 0.717) is 22.0 Å². The molecule has 0 fully saturated rings. The quantitative estimate of drug-likeness (QED) is 0.865. The number of hydrogen-bond acceptors (Lipinski definition) is 5. The van der Waals surface area contributed by atoms with Gasteiger partial charge in [-0.2, -0.15) is 13.2 Å². The van der Waals surface area contributed by atoms with E-state index in [9.17, 15) is 18.0 Å². The summed E-state index contributed by atoms with van der Waals surface area (Å²) in [6, 6.07) is 5.87. The van der Waals surface area contributed by atoms with Gasteiger partial charge in [0.15, 0.2) is 5.70 Å². The Morgan fingerprint density at radius 2 is 2.00 bits per heavy atom. The molecule has 0 amide bonds. The molecule has 0 bridgehead atoms. The highest BCUT2D eigenvalue weighted by atomic mass is 35.5. The fourth-order valence-electron chi connectivity index (χ4n) is 2.26. The highest BCUT2D eigenvalue weighted by Crippen LogP contribution is 2.36. The van der Waals surface area contributed by atoms with E-state index in [1.165, 1.54) is 35.6 Å². The molecule has 1 aromatic heterocycles. The molecule has 0 radical (unpaired) electrons. The lowest BCUT2D eigenvalue weighted by molar-refractivity contribution is -0.0997. The van der Waals surface area contributed by atoms with Gasteiger partial charge in [0.1, 0.15) is 0 Å². The molecule has 24 heavy (non-hydrogen) atoms. The van der Waals surface area contributed by atoms with Crippen LogP contribution in [0.3, 0.4) is 0 Å². The molecule has 0 spiro atoms. The fraction of sp³-hybridized carbons (Fsp3) is 0.143. The van der Waals surface area contributed by atoms with Gasteiger partial charge in [-0.05, 0) is 18.2 Å². The summed E-state index contributed by atoms with van der Waals surface area (Å²) < 4.78 is 38.7. The highest BCUT2D eigenvalue weighted by molar-refractivity contribution is 6.31. The second kappa shape index (κ2) is 5.84. The number of nitrogens with zero attached hydrogens (tertiary/aromatic N) is 3. The predicted octanol–water partition coefficient (Wildman–Crippen LogP) is 2.67. The number of aromatic amines is 1. The van der Waals surface area contributed by atoms with Crippen LogP contribution < -0.4 is 16.0 Å². The van der Waals surface area contributed by atoms with Crippen LogP contribution in [0.5, 0.6) is 0 Å². The van der Waals surface area contributed by atoms with E-state index < -0.39 is 11.9 Å². The lowest BCUT2D eigenvalue weighted by atomic mass is 10.1. The molecule has 2 N–H and O–H groups in total. The van der Waals surface area contributed by atoms with Crippen LogP contribution in [0.2, 0.25) is 5.02 Å². The van der Waals surface area contributed by atoms with Gasteiger partial charge in [0.2, 0.25) is 0 Å². The van der Waals surface area contributed by atoms with Crippen LogP contribution >= 0.6 is 11.6 Å². The number of allylic oxidation sites excluding steroid dienone is 1. The van der Waals surface area contributed by atoms with E-state index in [4.69, 9.17) is 11.6 Å². The molecule has 0 saturated carbocycles. The molecule has 0 unspecified atom stereocenters. The minimum absolute atomic E-state index is 0.290. The lowest BCUT2D eigenvalue weighted by Gasteiger charge is -2.26. The first-order valence-electron chi connectivity index (χ1n) is 6.69. The van der Waals surface area contributed by atoms with Crippen molar-refractivity contribution in [3.8, 4) is 11.3 Å². The Kier molecular flexibility index (Phi) is 3.98. The molecule has 0 aliphatic carbocycles. The molecule has 3 rings (SSSR count). The third kappa shape index (κ3) is 3.08. The molecular weight excluding hydrogens is 347 g/mol. The number of alkyl halides is 3. The smallest absolute Gasteiger partial charge is 0.313 e. The van der Waals surface area contributed by atoms with E-state index in [2.05, 4.69) is 15.4 Å². The van der Waals surface area contributed by atoms with Gasteiger partial charge < -0.3 is 4.98 Å². The number of benzene rings is 1. The van der Waals surface area contributed by atoms with Crippen molar-refractivity contribution in [2.75, 3.05) is 12.1 Å². The van der Waals surface area contributed by atoms with Gasteiger partial charge in [-0.25, -0.2) is 4.98 Å². The summed E-state index contributed by atoms with van der Waals surface area (Å²) in [5, 5.41) is 2.80. The maximum atomic E-state index is 12.9. The van der Waals surface area contributed by atoms with Gasteiger partial charge in [0, 0.05) is 23.7 Å². The first-order valence-corrected chi connectivity index (χ1v) is 7.07. The zero-order valence-corrected chi connectivity index (χ0v) is 13.0. The molecule has 1 aliphatic rings. The highest BCUT2D eigenvalue weighted by Gasteiger charge is 2.39. The molecule has 126 valence electrons. The Hall–Kier alpha value is -2.52. The third-order valence-electron chi connectivity index (χ3n) is 3.32. The van der Waals surface area contributed by atoms with Gasteiger partial charge >= 0.3 is 6.18 Å². The van der Waals surface area contributed by atoms with Crippen LogP contribution in [0.1, 0.15) is 0 Å². The van der Waals surface area contributed by atoms with Crippen molar-refractivity contribution in [3.05, 3.63) is 57.9 Å². The Morgan fingerprint density at radius 3 is 2.62 bits per heavy atom. The van der Waals surface area contributed by atoms with Crippen molar-refractivity contribution < 1.29 is 13.2 Å².